The minimum absolute atomic E-state index is 0.0197. The van der Waals surface area contributed by atoms with Crippen molar-refractivity contribution in [2.24, 2.45) is 0 Å². The van der Waals surface area contributed by atoms with Crippen LogP contribution < -0.4 is 4.74 Å². The van der Waals surface area contributed by atoms with E-state index in [1.54, 1.807) is 31.2 Å². The molecule has 10 nitrogen and oxygen atoms in total. The van der Waals surface area contributed by atoms with Gasteiger partial charge in [-0.15, -0.1) is 0 Å². The lowest BCUT2D eigenvalue weighted by atomic mass is 9.73. The highest BCUT2D eigenvalue weighted by Crippen LogP contribution is 2.43. The summed E-state index contributed by atoms with van der Waals surface area (Å²) in [6.07, 6.45) is 0. The Labute approximate surface area is 204 Å². The van der Waals surface area contributed by atoms with Crippen molar-refractivity contribution in [1.82, 2.24) is 9.47 Å². The van der Waals surface area contributed by atoms with E-state index in [0.717, 1.165) is 0 Å². The average molecular weight is 489 g/mol. The third-order valence-electron chi connectivity index (χ3n) is 5.90. The van der Waals surface area contributed by atoms with Gasteiger partial charge in [-0.25, -0.2) is 4.79 Å². The van der Waals surface area contributed by atoms with E-state index in [0.29, 0.717) is 11.4 Å². The monoisotopic (exact) mass is 488 g/mol. The van der Waals surface area contributed by atoms with Gasteiger partial charge >= 0.3 is 17.9 Å². The van der Waals surface area contributed by atoms with Crippen LogP contribution in [0.1, 0.15) is 66.7 Å². The van der Waals surface area contributed by atoms with Crippen molar-refractivity contribution in [3.63, 3.8) is 0 Å². The molecule has 2 aromatic rings. The van der Waals surface area contributed by atoms with Crippen molar-refractivity contribution in [1.29, 1.82) is 0 Å². The molecule has 2 rings (SSSR count). The van der Waals surface area contributed by atoms with Gasteiger partial charge in [-0.2, -0.15) is 0 Å². The maximum atomic E-state index is 13.6. The zero-order valence-electron chi connectivity index (χ0n) is 21.3. The Morgan fingerprint density at radius 1 is 0.886 bits per heavy atom. The van der Waals surface area contributed by atoms with Gasteiger partial charge in [0, 0.05) is 30.9 Å². The van der Waals surface area contributed by atoms with Gasteiger partial charge in [0.2, 0.25) is 0 Å². The van der Waals surface area contributed by atoms with Crippen LogP contribution in [0.15, 0.2) is 24.3 Å². The van der Waals surface area contributed by atoms with Gasteiger partial charge in [0.15, 0.2) is 0 Å². The molecule has 0 spiro atoms. The summed E-state index contributed by atoms with van der Waals surface area (Å²) >= 11 is 0. The van der Waals surface area contributed by atoms with Crippen molar-refractivity contribution in [2.75, 3.05) is 27.8 Å². The third kappa shape index (κ3) is 4.73. The Hall–Kier alpha value is -3.82. The number of methoxy groups -OCH3 is 1. The molecule has 0 bridgehead atoms. The van der Waals surface area contributed by atoms with Crippen LogP contribution in [0.3, 0.4) is 0 Å². The first kappa shape index (κ1) is 27.4. The summed E-state index contributed by atoms with van der Waals surface area (Å²) in [5.41, 5.74) is -3.72. The fraction of sp³-hybridized carbons (Fsp3) is 0.440. The Kier molecular flexibility index (Phi) is 7.69. The first-order chi connectivity index (χ1) is 16.1. The molecule has 0 atom stereocenters. The molecule has 0 saturated heterocycles. The number of benzene rings is 1. The van der Waals surface area contributed by atoms with Gasteiger partial charge in [-0.05, 0) is 58.9 Å². The Bertz CT molecular complexity index is 1160. The van der Waals surface area contributed by atoms with Crippen LogP contribution in [0.5, 0.6) is 5.75 Å². The van der Waals surface area contributed by atoms with E-state index in [1.807, 2.05) is 0 Å². The van der Waals surface area contributed by atoms with Gasteiger partial charge in [0.25, 0.3) is 5.91 Å². The third-order valence-corrected chi connectivity index (χ3v) is 5.90. The Morgan fingerprint density at radius 2 is 1.34 bits per heavy atom. The van der Waals surface area contributed by atoms with Gasteiger partial charge in [-0.3, -0.25) is 19.0 Å². The first-order valence-corrected chi connectivity index (χ1v) is 10.9. The first-order valence-electron chi connectivity index (χ1n) is 10.9. The molecule has 0 aliphatic carbocycles. The lowest BCUT2D eigenvalue weighted by Crippen LogP contribution is -2.38. The summed E-state index contributed by atoms with van der Waals surface area (Å²) in [6.45, 7) is 7.02. The summed E-state index contributed by atoms with van der Waals surface area (Å²) < 4.78 is 11.8. The maximum absolute atomic E-state index is 13.6. The normalized spacial score (nSPS) is 11.7. The average Bonchev–Trinajstić information content (AvgIpc) is 3.16. The molecule has 1 amide bonds. The molecule has 0 saturated carbocycles. The number of aliphatic carboxylic acids is 2. The molecular formula is C25H32N2O8. The standard InChI is InChI=1S/C25H32N2O8/c1-9-35-21(29)19-17(25(4,5)23(32)33)16(24(2,3)22(30)31)18(20(28)26(6)7)27(19)14-10-12-15(34-8)13-11-14/h10-13H,9H2,1-8H3,(H,30,31)(H,32,33). The number of aromatic nitrogens is 1. The number of nitrogens with zero attached hydrogens (tertiary/aromatic N) is 2. The molecule has 0 unspecified atom stereocenters. The van der Waals surface area contributed by atoms with Gasteiger partial charge in [0.1, 0.15) is 17.1 Å². The second-order valence-electron chi connectivity index (χ2n) is 9.26. The number of carbonyl (C=O) groups excluding carboxylic acids is 2. The molecule has 1 aromatic heterocycles. The number of amides is 1. The number of rotatable bonds is 9. The molecule has 0 radical (unpaired) electrons. The van der Waals surface area contributed by atoms with E-state index in [4.69, 9.17) is 9.47 Å². The lowest BCUT2D eigenvalue weighted by molar-refractivity contribution is -0.144. The van der Waals surface area contributed by atoms with Crippen molar-refractivity contribution in [2.45, 2.75) is 45.4 Å². The number of carbonyl (C=O) groups is 4. The van der Waals surface area contributed by atoms with E-state index in [2.05, 4.69) is 0 Å². The Morgan fingerprint density at radius 3 is 1.71 bits per heavy atom. The summed E-state index contributed by atoms with van der Waals surface area (Å²) in [6, 6.07) is 6.39. The quantitative estimate of drug-likeness (QED) is 0.514. The fourth-order valence-electron chi connectivity index (χ4n) is 3.80. The topological polar surface area (TPSA) is 135 Å². The van der Waals surface area contributed by atoms with Crippen LogP contribution in [-0.2, 0) is 25.2 Å². The highest BCUT2D eigenvalue weighted by atomic mass is 16.5. The number of hydrogen-bond donors (Lipinski definition) is 2. The van der Waals surface area contributed by atoms with Crippen molar-refractivity contribution >= 4 is 23.8 Å². The summed E-state index contributed by atoms with van der Waals surface area (Å²) in [5.74, 6) is -3.58. The van der Waals surface area contributed by atoms with Crippen LogP contribution in [-0.4, -0.2) is 71.3 Å². The molecule has 0 aliphatic heterocycles. The SMILES string of the molecule is CCOC(=O)c1c(C(C)(C)C(=O)O)c(C(C)(C)C(=O)O)c(C(=O)N(C)C)n1-c1ccc(OC)cc1. The molecule has 2 N–H and O–H groups in total. The van der Waals surface area contributed by atoms with E-state index < -0.39 is 34.6 Å². The van der Waals surface area contributed by atoms with Crippen LogP contribution in [0.4, 0.5) is 0 Å². The molecule has 0 fully saturated rings. The van der Waals surface area contributed by atoms with Crippen molar-refractivity contribution < 1.29 is 38.9 Å². The fourth-order valence-corrected chi connectivity index (χ4v) is 3.80. The number of ether oxygens (including phenoxy) is 2. The Balaban J connectivity index is 3.31. The van der Waals surface area contributed by atoms with E-state index in [-0.39, 0.29) is 29.1 Å². The molecule has 10 heteroatoms. The van der Waals surface area contributed by atoms with Gasteiger partial charge < -0.3 is 24.6 Å². The number of carboxylic acid groups (broad SMARTS) is 2. The molecular weight excluding hydrogens is 456 g/mol. The molecule has 1 heterocycles. The minimum Gasteiger partial charge on any atom is -0.497 e. The highest BCUT2D eigenvalue weighted by Gasteiger charge is 2.49. The smallest absolute Gasteiger partial charge is 0.355 e. The number of esters is 1. The number of carboxylic acids is 2. The van der Waals surface area contributed by atoms with Gasteiger partial charge in [-0.1, -0.05) is 0 Å². The predicted molar refractivity (Wildman–Crippen MR) is 128 cm³/mol. The van der Waals surface area contributed by atoms with Crippen molar-refractivity contribution in [3.05, 3.63) is 46.8 Å². The van der Waals surface area contributed by atoms with E-state index in [1.165, 1.54) is 58.4 Å². The highest BCUT2D eigenvalue weighted by molar-refractivity contribution is 6.04. The molecule has 190 valence electrons. The van der Waals surface area contributed by atoms with Crippen LogP contribution in [0.2, 0.25) is 0 Å². The zero-order chi connectivity index (χ0) is 26.9. The van der Waals surface area contributed by atoms with Crippen LogP contribution in [0.25, 0.3) is 5.69 Å². The second-order valence-corrected chi connectivity index (χ2v) is 9.26. The van der Waals surface area contributed by atoms with E-state index in [9.17, 15) is 29.4 Å². The summed E-state index contributed by atoms with van der Waals surface area (Å²) in [7, 11) is 4.45. The summed E-state index contributed by atoms with van der Waals surface area (Å²) in [4.78, 5) is 53.1. The number of hydrogen-bond acceptors (Lipinski definition) is 6. The predicted octanol–water partition coefficient (Wildman–Crippen LogP) is 3.09. The zero-order valence-corrected chi connectivity index (χ0v) is 21.3. The van der Waals surface area contributed by atoms with Crippen molar-refractivity contribution in [3.8, 4) is 11.4 Å². The van der Waals surface area contributed by atoms with Crippen LogP contribution in [0, 0.1) is 0 Å². The minimum atomic E-state index is -1.76. The van der Waals surface area contributed by atoms with Gasteiger partial charge in [0.05, 0.1) is 24.5 Å². The summed E-state index contributed by atoms with van der Waals surface area (Å²) in [5, 5.41) is 20.3. The second kappa shape index (κ2) is 9.81. The molecule has 1 aromatic carbocycles. The molecule has 0 aliphatic rings. The molecule has 35 heavy (non-hydrogen) atoms. The lowest BCUT2D eigenvalue weighted by Gasteiger charge is -2.28. The van der Waals surface area contributed by atoms with Crippen LogP contribution >= 0.6 is 0 Å². The maximum Gasteiger partial charge on any atom is 0.355 e. The largest absolute Gasteiger partial charge is 0.497 e. The van der Waals surface area contributed by atoms with E-state index >= 15 is 0 Å².